The molecule has 3 aliphatic rings. The maximum Gasteiger partial charge on any atom is 0.186 e. The van der Waals surface area contributed by atoms with Crippen LogP contribution in [0.2, 0.25) is 0 Å². The number of quaternary nitrogens is 2. The van der Waals surface area contributed by atoms with Crippen molar-refractivity contribution in [3.05, 3.63) is 150 Å². The van der Waals surface area contributed by atoms with Gasteiger partial charge in [-0.15, -0.1) is 0 Å². The maximum atomic E-state index is 9.47. The highest BCUT2D eigenvalue weighted by atomic mass is 16.5. The van der Waals surface area contributed by atoms with Crippen molar-refractivity contribution in [3.63, 3.8) is 0 Å². The summed E-state index contributed by atoms with van der Waals surface area (Å²) in [6.07, 6.45) is 0.383. The van der Waals surface area contributed by atoms with Gasteiger partial charge in [-0.1, -0.05) is 119 Å². The highest BCUT2D eigenvalue weighted by Crippen LogP contribution is 2.66. The third kappa shape index (κ3) is 6.17. The van der Waals surface area contributed by atoms with Gasteiger partial charge in [0.15, 0.2) is 18.0 Å². The van der Waals surface area contributed by atoms with Crippen molar-refractivity contribution in [1.82, 2.24) is 18.5 Å². The van der Waals surface area contributed by atoms with Crippen molar-refractivity contribution in [3.8, 4) is 17.3 Å². The highest BCUT2D eigenvalue weighted by Gasteiger charge is 2.64. The Bertz CT molecular complexity index is 2790. The molecule has 0 radical (unpaired) electrons. The molecule has 2 bridgehead atoms. The largest absolute Gasteiger partial charge is 0.457 e. The van der Waals surface area contributed by atoms with E-state index in [4.69, 9.17) is 9.72 Å². The summed E-state index contributed by atoms with van der Waals surface area (Å²) >= 11 is 0. The molecule has 5 nitrogen and oxygen atoms in total. The zero-order chi connectivity index (χ0) is 42.8. The molecule has 7 aromatic rings. The lowest BCUT2D eigenvalue weighted by atomic mass is 9.80. The van der Waals surface area contributed by atoms with E-state index in [-0.39, 0.29) is 22.2 Å². The summed E-state index contributed by atoms with van der Waals surface area (Å²) in [6, 6.07) is 41.1. The van der Waals surface area contributed by atoms with Crippen LogP contribution in [-0.4, -0.2) is 16.2 Å². The summed E-state index contributed by atoms with van der Waals surface area (Å²) in [4.78, 5) is 4.88. The molecule has 2 atom stereocenters. The van der Waals surface area contributed by atoms with E-state index in [1.165, 1.54) is 27.8 Å². The smallest absolute Gasteiger partial charge is 0.186 e. The summed E-state index contributed by atoms with van der Waals surface area (Å²) < 4.78 is 29.0. The van der Waals surface area contributed by atoms with Crippen molar-refractivity contribution in [1.29, 1.82) is 0 Å². The van der Waals surface area contributed by atoms with E-state index >= 15 is 0 Å². The molecule has 296 valence electrons. The van der Waals surface area contributed by atoms with E-state index in [1.807, 2.05) is 38.2 Å². The topological polar surface area (TPSA) is 27.1 Å². The van der Waals surface area contributed by atoms with Crippen LogP contribution in [-0.2, 0) is 22.6 Å². The van der Waals surface area contributed by atoms with Crippen LogP contribution < -0.4 is 13.7 Å². The van der Waals surface area contributed by atoms with Crippen LogP contribution in [0.15, 0.2) is 121 Å². The van der Waals surface area contributed by atoms with Gasteiger partial charge in [0.25, 0.3) is 0 Å². The van der Waals surface area contributed by atoms with Crippen LogP contribution in [0.25, 0.3) is 27.6 Å². The number of ether oxygens (including phenoxy) is 1. The normalized spacial score (nSPS) is 19.9. The van der Waals surface area contributed by atoms with Gasteiger partial charge in [0.05, 0.1) is 17.7 Å². The number of pyridine rings is 1. The lowest BCUT2D eigenvalue weighted by molar-refractivity contribution is 0.186. The fourth-order valence-electron chi connectivity index (χ4n) is 9.10. The van der Waals surface area contributed by atoms with Crippen molar-refractivity contribution in [2.45, 2.75) is 98.8 Å². The molecule has 1 saturated heterocycles. The Morgan fingerprint density at radius 1 is 0.655 bits per heavy atom. The second kappa shape index (κ2) is 13.1. The zero-order valence-corrected chi connectivity index (χ0v) is 36.1. The SMILES string of the molecule is [2H]C([2H])(c1cccc2c1[N@@+]1(c3cc(C(C)(C)C)cc(C(C)(C)C)c3)[CH-][N@+]2(c2cccc(Oc3ccc4c5ccccc5n(-c5cc(C(C)(C)C)ccn5)c4c3)c2)C1)C(C)C. The summed E-state index contributed by atoms with van der Waals surface area (Å²) in [6.45, 7) is 27.5. The van der Waals surface area contributed by atoms with Crippen LogP contribution in [0.5, 0.6) is 11.5 Å². The Hall–Kier alpha value is -5.23. The van der Waals surface area contributed by atoms with Gasteiger partial charge in [-0.25, -0.2) is 4.98 Å². The van der Waals surface area contributed by atoms with Gasteiger partial charge in [0.2, 0.25) is 0 Å². The Morgan fingerprint density at radius 3 is 2.00 bits per heavy atom. The van der Waals surface area contributed by atoms with E-state index in [0.29, 0.717) is 15.6 Å². The predicted molar refractivity (Wildman–Crippen MR) is 245 cm³/mol. The highest BCUT2D eigenvalue weighted by molar-refractivity contribution is 6.09. The first-order chi connectivity index (χ1) is 28.1. The molecule has 0 aliphatic carbocycles. The van der Waals surface area contributed by atoms with Crippen LogP contribution in [0.1, 0.15) is 101 Å². The third-order valence-electron chi connectivity index (χ3n) is 12.2. The number of rotatable bonds is 7. The van der Waals surface area contributed by atoms with E-state index in [9.17, 15) is 2.74 Å². The minimum atomic E-state index is -1.53. The number of aromatic nitrogens is 2. The van der Waals surface area contributed by atoms with Crippen molar-refractivity contribution in [2.75, 3.05) is 6.67 Å². The second-order valence-electron chi connectivity index (χ2n) is 20.0. The summed E-state index contributed by atoms with van der Waals surface area (Å²) in [5.74, 6) is 2.18. The van der Waals surface area contributed by atoms with Gasteiger partial charge in [0, 0.05) is 55.6 Å². The molecule has 5 aromatic carbocycles. The van der Waals surface area contributed by atoms with E-state index < -0.39 is 6.37 Å². The molecule has 0 spiro atoms. The molecule has 0 amide bonds. The van der Waals surface area contributed by atoms with E-state index in [2.05, 4.69) is 171 Å². The molecular weight excluding hydrogens is 709 g/mol. The zero-order valence-electron chi connectivity index (χ0n) is 38.1. The monoisotopic (exact) mass is 769 g/mol. The Balaban J connectivity index is 1.16. The van der Waals surface area contributed by atoms with Crippen LogP contribution >= 0.6 is 0 Å². The molecule has 5 heterocycles. The van der Waals surface area contributed by atoms with E-state index in [0.717, 1.165) is 56.4 Å². The number of hydrogen-bond acceptors (Lipinski definition) is 2. The minimum Gasteiger partial charge on any atom is -0.457 e. The Morgan fingerprint density at radius 2 is 1.31 bits per heavy atom. The van der Waals surface area contributed by atoms with Crippen LogP contribution in [0.4, 0.5) is 22.7 Å². The van der Waals surface area contributed by atoms with Crippen molar-refractivity contribution >= 4 is 44.6 Å². The fourth-order valence-corrected chi connectivity index (χ4v) is 9.10. The number of nitrogens with zero attached hydrogens (tertiary/aromatic N) is 4. The molecule has 3 aliphatic heterocycles. The van der Waals surface area contributed by atoms with E-state index in [1.54, 1.807) is 0 Å². The predicted octanol–water partition coefficient (Wildman–Crippen LogP) is 14.4. The summed E-state index contributed by atoms with van der Waals surface area (Å²) in [5.41, 5.74) is 11.0. The van der Waals surface area contributed by atoms with Gasteiger partial charge >= 0.3 is 0 Å². The van der Waals surface area contributed by atoms with Crippen LogP contribution in [0.3, 0.4) is 0 Å². The first kappa shape index (κ1) is 35.9. The number of fused-ring (bicyclic) bond motifs is 3. The van der Waals surface area contributed by atoms with Gasteiger partial charge < -0.3 is 4.74 Å². The molecular formula is C53H59N4O+. The third-order valence-corrected chi connectivity index (χ3v) is 12.2. The molecule has 0 unspecified atom stereocenters. The molecule has 0 N–H and O–H groups in total. The van der Waals surface area contributed by atoms with Gasteiger partial charge in [0.1, 0.15) is 28.7 Å². The standard InChI is InChI=1S/C53H59N4O/c1-35(2)26-36-16-14-21-48-50(36)57(41-28-38(52(6,7)8)27-39(29-41)53(9,10)11)33-56(48,34-57)40-17-15-18-42(31-40)58-43-22-23-45-44-19-12-13-20-46(44)55(47(45)32-43)49-30-37(24-25-54-49)51(3,4)5/h12-25,27-33,35H,26,34H2,1-11H3/q+1/t56-,57+/m1/s1/i26D2. The molecule has 0 saturated carbocycles. The Labute approximate surface area is 348 Å². The van der Waals surface area contributed by atoms with Gasteiger partial charge in [-0.2, -0.15) is 0 Å². The van der Waals surface area contributed by atoms with Crippen molar-refractivity contribution < 1.29 is 7.48 Å². The van der Waals surface area contributed by atoms with Gasteiger partial charge in [-0.3, -0.25) is 13.5 Å². The molecule has 58 heavy (non-hydrogen) atoms. The fraction of sp³-hybridized carbons (Fsp3) is 0.321. The maximum absolute atomic E-state index is 9.47. The lowest BCUT2D eigenvalue weighted by Crippen LogP contribution is -2.67. The number of hydrogen-bond donors (Lipinski definition) is 0. The van der Waals surface area contributed by atoms with Gasteiger partial charge in [-0.05, 0) is 87.7 Å². The summed E-state index contributed by atoms with van der Waals surface area (Å²) in [5, 5.41) is 2.32. The molecule has 2 aromatic heterocycles. The van der Waals surface area contributed by atoms with Crippen LogP contribution in [0, 0.1) is 12.6 Å². The molecule has 10 rings (SSSR count). The lowest BCUT2D eigenvalue weighted by Gasteiger charge is -2.56. The second-order valence-corrected chi connectivity index (χ2v) is 20.0. The van der Waals surface area contributed by atoms with Crippen molar-refractivity contribution in [2.24, 2.45) is 5.92 Å². The summed E-state index contributed by atoms with van der Waals surface area (Å²) in [7, 11) is 0. The Kier molecular flexibility index (Phi) is 8.13. The first-order valence-electron chi connectivity index (χ1n) is 21.9. The number of para-hydroxylation sites is 2. The molecule has 5 heteroatoms. The quantitative estimate of drug-likeness (QED) is 0.119. The minimum absolute atomic E-state index is 0.0165. The average Bonchev–Trinajstić information content (AvgIpc) is 3.78. The first-order valence-corrected chi connectivity index (χ1v) is 20.9. The number of benzene rings is 5. The average molecular weight is 770 g/mol. The molecule has 1 fully saturated rings.